The summed E-state index contributed by atoms with van der Waals surface area (Å²) in [4.78, 5) is 15.5. The molecule has 5 nitrogen and oxygen atoms in total. The molecule has 1 unspecified atom stereocenters. The van der Waals surface area contributed by atoms with E-state index in [1.165, 1.54) is 24.4 Å². The molecular formula is C26H35F2N3O2. The monoisotopic (exact) mass is 459 g/mol. The summed E-state index contributed by atoms with van der Waals surface area (Å²) in [5.41, 5.74) is -0.845. The number of allylic oxidation sites excluding steroid dienone is 1. The Bertz CT molecular complexity index is 917. The van der Waals surface area contributed by atoms with E-state index in [1.54, 1.807) is 6.08 Å². The minimum absolute atomic E-state index is 0.0540. The molecular weight excluding hydrogens is 424 g/mol. The van der Waals surface area contributed by atoms with Gasteiger partial charge in [0.2, 0.25) is 5.91 Å². The van der Waals surface area contributed by atoms with Gasteiger partial charge in [0.15, 0.2) is 0 Å². The number of amides is 1. The summed E-state index contributed by atoms with van der Waals surface area (Å²) in [6.45, 7) is 14.8. The van der Waals surface area contributed by atoms with Crippen LogP contribution < -0.4 is 0 Å². The lowest BCUT2D eigenvalue weighted by molar-refractivity contribution is -0.159. The van der Waals surface area contributed by atoms with Crippen LogP contribution in [0.25, 0.3) is 5.70 Å². The van der Waals surface area contributed by atoms with E-state index in [9.17, 15) is 13.6 Å². The molecule has 0 bridgehead atoms. The van der Waals surface area contributed by atoms with Crippen molar-refractivity contribution >= 4 is 11.6 Å². The van der Waals surface area contributed by atoms with E-state index in [4.69, 9.17) is 4.74 Å². The molecule has 7 heteroatoms. The molecule has 0 spiro atoms. The zero-order chi connectivity index (χ0) is 24.3. The molecule has 0 N–H and O–H groups in total. The minimum Gasteiger partial charge on any atom is -0.372 e. The maximum absolute atomic E-state index is 14.7. The number of nitrogens with zero attached hydrogens (tertiary/aromatic N) is 3. The number of carbonyl (C=O) groups excluding carboxylic acids is 1. The van der Waals surface area contributed by atoms with Crippen molar-refractivity contribution in [3.05, 3.63) is 54.3 Å². The second-order valence-electron chi connectivity index (χ2n) is 9.95. The first-order valence-corrected chi connectivity index (χ1v) is 11.7. The highest BCUT2D eigenvalue weighted by Crippen LogP contribution is 2.52. The largest absolute Gasteiger partial charge is 0.372 e. The van der Waals surface area contributed by atoms with Crippen molar-refractivity contribution in [1.82, 2.24) is 4.90 Å². The molecule has 1 saturated heterocycles. The average Bonchev–Trinajstić information content (AvgIpc) is 3.05. The van der Waals surface area contributed by atoms with Gasteiger partial charge in [-0.1, -0.05) is 39.5 Å². The van der Waals surface area contributed by atoms with Gasteiger partial charge in [-0.15, -0.1) is 0 Å². The highest BCUT2D eigenvalue weighted by atomic mass is 19.1. The molecule has 33 heavy (non-hydrogen) atoms. The molecule has 1 heterocycles. The Kier molecular flexibility index (Phi) is 7.83. The van der Waals surface area contributed by atoms with Crippen LogP contribution >= 0.6 is 0 Å². The Morgan fingerprint density at radius 2 is 1.88 bits per heavy atom. The highest BCUT2D eigenvalue weighted by molar-refractivity contribution is 5.84. The molecule has 1 amide bonds. The smallest absolute Gasteiger partial charge is 0.229 e. The fraction of sp³-hybridized carbons (Fsp3) is 0.577. The van der Waals surface area contributed by atoms with Crippen LogP contribution in [0, 0.1) is 34.8 Å². The van der Waals surface area contributed by atoms with E-state index in [0.717, 1.165) is 6.42 Å². The minimum atomic E-state index is -0.715. The van der Waals surface area contributed by atoms with E-state index >= 15 is 0 Å². The second kappa shape index (κ2) is 10.2. The maximum atomic E-state index is 14.7. The number of likely N-dealkylation sites (tertiary alicyclic amines) is 1. The van der Waals surface area contributed by atoms with Crippen LogP contribution in [-0.4, -0.2) is 36.1 Å². The van der Waals surface area contributed by atoms with Crippen LogP contribution in [0.2, 0.25) is 0 Å². The summed E-state index contributed by atoms with van der Waals surface area (Å²) in [6.07, 6.45) is 4.70. The Balaban J connectivity index is 1.99. The third-order valence-corrected chi connectivity index (χ3v) is 6.94. The van der Waals surface area contributed by atoms with Crippen molar-refractivity contribution < 1.29 is 18.3 Å². The Morgan fingerprint density at radius 3 is 2.42 bits per heavy atom. The summed E-state index contributed by atoms with van der Waals surface area (Å²) in [6, 6.07) is 3.71. The number of hydrogen-bond donors (Lipinski definition) is 0. The molecule has 1 aromatic rings. The van der Waals surface area contributed by atoms with Crippen LogP contribution in [-0.2, 0) is 9.53 Å². The normalized spacial score (nSPS) is 26.5. The Morgan fingerprint density at radius 1 is 1.24 bits per heavy atom. The van der Waals surface area contributed by atoms with E-state index in [2.05, 4.69) is 30.7 Å². The van der Waals surface area contributed by atoms with Crippen molar-refractivity contribution in [2.75, 3.05) is 13.1 Å². The predicted octanol–water partition coefficient (Wildman–Crippen LogP) is 6.23. The molecule has 1 saturated carbocycles. The number of azo groups is 1. The van der Waals surface area contributed by atoms with Gasteiger partial charge in [-0.05, 0) is 56.6 Å². The van der Waals surface area contributed by atoms with Gasteiger partial charge < -0.3 is 9.64 Å². The van der Waals surface area contributed by atoms with E-state index in [-0.39, 0.29) is 47.1 Å². The second-order valence-corrected chi connectivity index (χ2v) is 9.95. The Labute approximate surface area is 195 Å². The lowest BCUT2D eigenvalue weighted by Gasteiger charge is -2.45. The Hall–Kier alpha value is -2.41. The highest BCUT2D eigenvalue weighted by Gasteiger charge is 2.53. The topological polar surface area (TPSA) is 54.3 Å². The molecule has 3 atom stereocenters. The number of halogens is 2. The maximum Gasteiger partial charge on any atom is 0.229 e. The zero-order valence-electron chi connectivity index (χ0n) is 20.2. The lowest BCUT2D eigenvalue weighted by Crippen LogP contribution is -2.59. The van der Waals surface area contributed by atoms with Gasteiger partial charge in [0.05, 0.1) is 28.9 Å². The van der Waals surface area contributed by atoms with Gasteiger partial charge in [0, 0.05) is 19.3 Å². The summed E-state index contributed by atoms with van der Waals surface area (Å²) >= 11 is 0. The summed E-state index contributed by atoms with van der Waals surface area (Å²) in [5.74, 6) is -1.15. The molecule has 1 aliphatic heterocycles. The molecule has 180 valence electrons. The number of rotatable bonds is 8. The van der Waals surface area contributed by atoms with Gasteiger partial charge >= 0.3 is 0 Å². The van der Waals surface area contributed by atoms with Crippen LogP contribution in [0.3, 0.4) is 0 Å². The average molecular weight is 460 g/mol. The number of hydrogen-bond acceptors (Lipinski definition) is 4. The van der Waals surface area contributed by atoms with Crippen molar-refractivity contribution in [3.63, 3.8) is 0 Å². The molecule has 1 aliphatic carbocycles. The molecule has 2 aliphatic rings. The van der Waals surface area contributed by atoms with E-state index in [1.807, 2.05) is 25.7 Å². The molecule has 0 aromatic heterocycles. The summed E-state index contributed by atoms with van der Waals surface area (Å²) in [5, 5.41) is 7.89. The molecule has 2 fully saturated rings. The fourth-order valence-electron chi connectivity index (χ4n) is 5.21. The third kappa shape index (κ3) is 5.24. The molecule has 3 rings (SSSR count). The quantitative estimate of drug-likeness (QED) is 0.433. The summed E-state index contributed by atoms with van der Waals surface area (Å²) in [7, 11) is 0. The van der Waals surface area contributed by atoms with E-state index < -0.39 is 17.0 Å². The number of carbonyl (C=O) groups is 1. The fourth-order valence-corrected chi connectivity index (χ4v) is 5.21. The van der Waals surface area contributed by atoms with Crippen LogP contribution in [0.5, 0.6) is 0 Å². The standard InChI is InChI=1S/C26H35F2N3O2/c1-7-29-30-23(24-21(27)9-8-10-22(24)28)13-20-19(16(2)3)11-12-26(20,6)25(32)31-14-18(15-31)33-17(4)5/h7-10,13,16-20H,1,11-12,14-15H2,2-6H3/b23-13-,30-29-/t19-,20?,26-/m0/s1. The first-order valence-electron chi connectivity index (χ1n) is 11.7. The lowest BCUT2D eigenvalue weighted by atomic mass is 9.72. The van der Waals surface area contributed by atoms with Crippen LogP contribution in [0.4, 0.5) is 8.78 Å². The van der Waals surface area contributed by atoms with Crippen molar-refractivity contribution in [3.8, 4) is 0 Å². The first kappa shape index (κ1) is 25.2. The number of ether oxygens (including phenoxy) is 1. The van der Waals surface area contributed by atoms with Crippen molar-refractivity contribution in [2.24, 2.45) is 33.4 Å². The first-order chi connectivity index (χ1) is 15.6. The van der Waals surface area contributed by atoms with Gasteiger partial charge in [-0.2, -0.15) is 10.2 Å². The summed E-state index contributed by atoms with van der Waals surface area (Å²) < 4.78 is 35.1. The van der Waals surface area contributed by atoms with E-state index in [0.29, 0.717) is 19.5 Å². The predicted molar refractivity (Wildman–Crippen MR) is 125 cm³/mol. The van der Waals surface area contributed by atoms with Crippen LogP contribution in [0.15, 0.2) is 47.3 Å². The molecule has 1 aromatic carbocycles. The van der Waals surface area contributed by atoms with Crippen LogP contribution in [0.1, 0.15) is 53.0 Å². The SMILES string of the molecule is C=C/N=N\C(=C/C1[C@H](C(C)C)CC[C@]1(C)C(=O)N1CC(OC(C)C)C1)c1c(F)cccc1F. The zero-order valence-corrected chi connectivity index (χ0v) is 20.2. The van der Waals surface area contributed by atoms with Gasteiger partial charge in [-0.25, -0.2) is 8.78 Å². The van der Waals surface area contributed by atoms with Gasteiger partial charge in [0.1, 0.15) is 11.6 Å². The van der Waals surface area contributed by atoms with Crippen molar-refractivity contribution in [2.45, 2.75) is 59.7 Å². The van der Waals surface area contributed by atoms with Gasteiger partial charge in [0.25, 0.3) is 0 Å². The van der Waals surface area contributed by atoms with Crippen molar-refractivity contribution in [1.29, 1.82) is 0 Å². The van der Waals surface area contributed by atoms with Gasteiger partial charge in [-0.3, -0.25) is 4.79 Å². The molecule has 0 radical (unpaired) electrons. The third-order valence-electron chi connectivity index (χ3n) is 6.94. The number of benzene rings is 1.